The standard InChI is InChI=1S/C13H18FNO/c1-2-3-4-10-8-12(15)11-6-5-9(14)7-13(11)16-10/h5-7,10,12H,2-4,8,15H2,1H3/t10?,12-/m1/s1. The van der Waals surface area contributed by atoms with E-state index in [1.807, 2.05) is 0 Å². The molecule has 1 aliphatic rings. The summed E-state index contributed by atoms with van der Waals surface area (Å²) in [7, 11) is 0. The van der Waals surface area contributed by atoms with Crippen LogP contribution in [-0.2, 0) is 0 Å². The van der Waals surface area contributed by atoms with E-state index in [-0.39, 0.29) is 18.0 Å². The highest BCUT2D eigenvalue weighted by molar-refractivity contribution is 5.38. The number of nitrogens with two attached hydrogens (primary N) is 1. The molecule has 2 atom stereocenters. The van der Waals surface area contributed by atoms with Crippen molar-refractivity contribution in [3.05, 3.63) is 29.6 Å². The molecule has 0 saturated heterocycles. The summed E-state index contributed by atoms with van der Waals surface area (Å²) in [5, 5.41) is 0. The van der Waals surface area contributed by atoms with E-state index in [1.165, 1.54) is 12.1 Å². The first kappa shape index (κ1) is 11.4. The first-order valence-corrected chi connectivity index (χ1v) is 5.92. The normalized spacial score (nSPS) is 23.7. The third kappa shape index (κ3) is 2.35. The van der Waals surface area contributed by atoms with Crippen LogP contribution in [0.5, 0.6) is 5.75 Å². The predicted molar refractivity (Wildman–Crippen MR) is 61.9 cm³/mol. The number of ether oxygens (including phenoxy) is 1. The molecule has 1 aliphatic heterocycles. The lowest BCUT2D eigenvalue weighted by Crippen LogP contribution is -2.29. The minimum absolute atomic E-state index is 0.0220. The van der Waals surface area contributed by atoms with Gasteiger partial charge in [-0.15, -0.1) is 0 Å². The molecule has 0 radical (unpaired) electrons. The molecule has 1 aromatic rings. The van der Waals surface area contributed by atoms with Crippen LogP contribution >= 0.6 is 0 Å². The Morgan fingerprint density at radius 2 is 2.31 bits per heavy atom. The van der Waals surface area contributed by atoms with E-state index in [1.54, 1.807) is 6.07 Å². The van der Waals surface area contributed by atoms with Crippen molar-refractivity contribution in [2.45, 2.75) is 44.8 Å². The van der Waals surface area contributed by atoms with Gasteiger partial charge in [-0.3, -0.25) is 0 Å². The van der Waals surface area contributed by atoms with E-state index in [0.717, 1.165) is 31.2 Å². The Bertz CT molecular complexity index is 367. The highest BCUT2D eigenvalue weighted by atomic mass is 19.1. The van der Waals surface area contributed by atoms with E-state index < -0.39 is 0 Å². The highest BCUT2D eigenvalue weighted by Crippen LogP contribution is 2.35. The molecule has 88 valence electrons. The molecule has 1 heterocycles. The Kier molecular flexibility index (Phi) is 3.44. The van der Waals surface area contributed by atoms with Crippen molar-refractivity contribution in [2.24, 2.45) is 5.73 Å². The third-order valence-electron chi connectivity index (χ3n) is 3.07. The number of fused-ring (bicyclic) bond motifs is 1. The van der Waals surface area contributed by atoms with Gasteiger partial charge in [-0.1, -0.05) is 25.8 Å². The Hall–Kier alpha value is -1.09. The number of hydrogen-bond donors (Lipinski definition) is 1. The monoisotopic (exact) mass is 223 g/mol. The fraction of sp³-hybridized carbons (Fsp3) is 0.538. The summed E-state index contributed by atoms with van der Waals surface area (Å²) in [5.74, 6) is 0.363. The second-order valence-corrected chi connectivity index (χ2v) is 4.41. The Morgan fingerprint density at radius 3 is 3.06 bits per heavy atom. The van der Waals surface area contributed by atoms with Gasteiger partial charge >= 0.3 is 0 Å². The van der Waals surface area contributed by atoms with Crippen LogP contribution in [0.1, 0.15) is 44.2 Å². The SMILES string of the molecule is CCCCC1C[C@@H](N)c2ccc(F)cc2O1. The quantitative estimate of drug-likeness (QED) is 0.854. The molecule has 0 bridgehead atoms. The second-order valence-electron chi connectivity index (χ2n) is 4.41. The molecule has 0 saturated carbocycles. The van der Waals surface area contributed by atoms with Crippen LogP contribution in [0.4, 0.5) is 4.39 Å². The van der Waals surface area contributed by atoms with Crippen LogP contribution in [-0.4, -0.2) is 6.10 Å². The Morgan fingerprint density at radius 1 is 1.50 bits per heavy atom. The van der Waals surface area contributed by atoms with Gasteiger partial charge in [-0.05, 0) is 12.5 Å². The fourth-order valence-corrected chi connectivity index (χ4v) is 2.16. The number of hydrogen-bond acceptors (Lipinski definition) is 2. The van der Waals surface area contributed by atoms with Crippen LogP contribution in [0.2, 0.25) is 0 Å². The number of halogens is 1. The second kappa shape index (κ2) is 4.83. The molecular weight excluding hydrogens is 205 g/mol. The minimum Gasteiger partial charge on any atom is -0.490 e. The molecule has 1 aromatic carbocycles. The van der Waals surface area contributed by atoms with Crippen molar-refractivity contribution >= 4 is 0 Å². The zero-order valence-corrected chi connectivity index (χ0v) is 9.58. The van der Waals surface area contributed by atoms with Crippen molar-refractivity contribution in [1.29, 1.82) is 0 Å². The summed E-state index contributed by atoms with van der Waals surface area (Å²) in [6.45, 7) is 2.15. The van der Waals surface area contributed by atoms with Crippen molar-refractivity contribution in [1.82, 2.24) is 0 Å². The van der Waals surface area contributed by atoms with Crippen molar-refractivity contribution in [3.63, 3.8) is 0 Å². The van der Waals surface area contributed by atoms with Gasteiger partial charge in [0.2, 0.25) is 0 Å². The summed E-state index contributed by atoms with van der Waals surface area (Å²) in [6, 6.07) is 4.58. The molecule has 0 aromatic heterocycles. The minimum atomic E-state index is -0.262. The average molecular weight is 223 g/mol. The van der Waals surface area contributed by atoms with Gasteiger partial charge in [0.15, 0.2) is 0 Å². The van der Waals surface area contributed by atoms with Crippen LogP contribution in [0, 0.1) is 5.82 Å². The summed E-state index contributed by atoms with van der Waals surface area (Å²) in [4.78, 5) is 0. The van der Waals surface area contributed by atoms with Gasteiger partial charge < -0.3 is 10.5 Å². The fourth-order valence-electron chi connectivity index (χ4n) is 2.16. The van der Waals surface area contributed by atoms with E-state index in [0.29, 0.717) is 5.75 Å². The molecule has 0 fully saturated rings. The molecule has 16 heavy (non-hydrogen) atoms. The maximum absolute atomic E-state index is 13.1. The largest absolute Gasteiger partial charge is 0.490 e. The molecular formula is C13H18FNO. The molecule has 0 spiro atoms. The first-order chi connectivity index (χ1) is 7.70. The molecule has 1 unspecified atom stereocenters. The molecule has 3 heteroatoms. The number of benzene rings is 1. The van der Waals surface area contributed by atoms with Gasteiger partial charge in [0.25, 0.3) is 0 Å². The zero-order valence-electron chi connectivity index (χ0n) is 9.58. The average Bonchev–Trinajstić information content (AvgIpc) is 2.25. The van der Waals surface area contributed by atoms with Crippen molar-refractivity contribution in [3.8, 4) is 5.75 Å². The molecule has 0 amide bonds. The lowest BCUT2D eigenvalue weighted by molar-refractivity contribution is 0.146. The Labute approximate surface area is 95.6 Å². The third-order valence-corrected chi connectivity index (χ3v) is 3.07. The molecule has 2 rings (SSSR count). The number of unbranched alkanes of at least 4 members (excludes halogenated alkanes) is 1. The van der Waals surface area contributed by atoms with E-state index in [2.05, 4.69) is 6.92 Å². The maximum atomic E-state index is 13.1. The maximum Gasteiger partial charge on any atom is 0.127 e. The lowest BCUT2D eigenvalue weighted by atomic mass is 9.95. The van der Waals surface area contributed by atoms with Gasteiger partial charge in [-0.25, -0.2) is 4.39 Å². The predicted octanol–water partition coefficient (Wildman–Crippen LogP) is 3.17. The molecule has 2 nitrogen and oxygen atoms in total. The van der Waals surface area contributed by atoms with Gasteiger partial charge in [-0.2, -0.15) is 0 Å². The summed E-state index contributed by atoms with van der Waals surface area (Å²) < 4.78 is 18.8. The smallest absolute Gasteiger partial charge is 0.127 e. The summed E-state index contributed by atoms with van der Waals surface area (Å²) in [5.41, 5.74) is 6.98. The van der Waals surface area contributed by atoms with Gasteiger partial charge in [0, 0.05) is 24.1 Å². The molecule has 2 N–H and O–H groups in total. The van der Waals surface area contributed by atoms with E-state index in [4.69, 9.17) is 10.5 Å². The number of rotatable bonds is 3. The van der Waals surface area contributed by atoms with Crippen LogP contribution < -0.4 is 10.5 Å². The van der Waals surface area contributed by atoms with Crippen molar-refractivity contribution < 1.29 is 9.13 Å². The zero-order chi connectivity index (χ0) is 11.5. The highest BCUT2D eigenvalue weighted by Gasteiger charge is 2.25. The van der Waals surface area contributed by atoms with Gasteiger partial charge in [0.05, 0.1) is 0 Å². The van der Waals surface area contributed by atoms with Crippen LogP contribution in [0.15, 0.2) is 18.2 Å². The van der Waals surface area contributed by atoms with E-state index >= 15 is 0 Å². The Balaban J connectivity index is 2.14. The van der Waals surface area contributed by atoms with Crippen LogP contribution in [0.25, 0.3) is 0 Å². The summed E-state index contributed by atoms with van der Waals surface area (Å²) >= 11 is 0. The topological polar surface area (TPSA) is 35.2 Å². The molecule has 0 aliphatic carbocycles. The first-order valence-electron chi connectivity index (χ1n) is 5.92. The van der Waals surface area contributed by atoms with Crippen LogP contribution in [0.3, 0.4) is 0 Å². The lowest BCUT2D eigenvalue weighted by Gasteiger charge is -2.30. The summed E-state index contributed by atoms with van der Waals surface area (Å²) in [6.07, 6.45) is 4.25. The van der Waals surface area contributed by atoms with Crippen molar-refractivity contribution in [2.75, 3.05) is 0 Å². The van der Waals surface area contributed by atoms with Gasteiger partial charge in [0.1, 0.15) is 17.7 Å². The van der Waals surface area contributed by atoms with E-state index in [9.17, 15) is 4.39 Å².